The number of rotatable bonds is 4. The van der Waals surface area contributed by atoms with Crippen molar-refractivity contribution in [2.75, 3.05) is 6.61 Å². The fraction of sp³-hybridized carbons (Fsp3) is 0.143. The molecule has 0 radical (unpaired) electrons. The highest BCUT2D eigenvalue weighted by Gasteiger charge is 2.19. The second-order valence-electron chi connectivity index (χ2n) is 3.80. The fourth-order valence-corrected chi connectivity index (χ4v) is 2.41. The van der Waals surface area contributed by atoms with Gasteiger partial charge >= 0.3 is 0 Å². The first-order valence-electron chi connectivity index (χ1n) is 5.76. The first-order chi connectivity index (χ1) is 9.52. The average molecular weight is 302 g/mol. The fourth-order valence-electron chi connectivity index (χ4n) is 1.53. The Kier molecular flexibility index (Phi) is 4.54. The van der Waals surface area contributed by atoms with Gasteiger partial charge < -0.3 is 4.74 Å². The summed E-state index contributed by atoms with van der Waals surface area (Å²) >= 11 is 0.610. The van der Waals surface area contributed by atoms with E-state index >= 15 is 0 Å². The van der Waals surface area contributed by atoms with E-state index in [1.165, 1.54) is 0 Å². The predicted octanol–water partition coefficient (Wildman–Crippen LogP) is 4.79. The molecule has 20 heavy (non-hydrogen) atoms. The highest BCUT2D eigenvalue weighted by molar-refractivity contribution is 7.99. The van der Waals surface area contributed by atoms with Crippen LogP contribution >= 0.6 is 11.8 Å². The molecule has 0 saturated heterocycles. The number of halogens is 4. The molecule has 0 heterocycles. The van der Waals surface area contributed by atoms with Gasteiger partial charge in [-0.2, -0.15) is 0 Å². The van der Waals surface area contributed by atoms with Crippen molar-refractivity contribution < 1.29 is 22.3 Å². The van der Waals surface area contributed by atoms with Crippen molar-refractivity contribution in [3.8, 4) is 5.75 Å². The van der Waals surface area contributed by atoms with Gasteiger partial charge in [0.25, 0.3) is 0 Å². The van der Waals surface area contributed by atoms with Crippen LogP contribution in [0.1, 0.15) is 6.92 Å². The van der Waals surface area contributed by atoms with Crippen LogP contribution in [0.2, 0.25) is 0 Å². The van der Waals surface area contributed by atoms with Gasteiger partial charge in [0.05, 0.1) is 11.5 Å². The van der Waals surface area contributed by atoms with E-state index in [4.69, 9.17) is 4.74 Å². The summed E-state index contributed by atoms with van der Waals surface area (Å²) in [7, 11) is 0. The quantitative estimate of drug-likeness (QED) is 0.593. The van der Waals surface area contributed by atoms with E-state index in [9.17, 15) is 17.6 Å². The van der Waals surface area contributed by atoms with Crippen molar-refractivity contribution in [3.63, 3.8) is 0 Å². The molecule has 0 aliphatic carbocycles. The van der Waals surface area contributed by atoms with Crippen molar-refractivity contribution in [3.05, 3.63) is 53.6 Å². The lowest BCUT2D eigenvalue weighted by Crippen LogP contribution is -1.97. The van der Waals surface area contributed by atoms with E-state index in [1.807, 2.05) is 6.92 Å². The molecule has 0 N–H and O–H groups in total. The molecule has 0 atom stereocenters. The Morgan fingerprint density at radius 2 is 1.50 bits per heavy atom. The van der Waals surface area contributed by atoms with Crippen LogP contribution in [0, 0.1) is 23.3 Å². The molecule has 106 valence electrons. The molecule has 0 aliphatic rings. The molecule has 0 aromatic heterocycles. The molecule has 2 rings (SSSR count). The van der Waals surface area contributed by atoms with E-state index < -0.39 is 28.2 Å². The first kappa shape index (κ1) is 14.7. The van der Waals surface area contributed by atoms with Crippen molar-refractivity contribution >= 4 is 11.8 Å². The van der Waals surface area contributed by atoms with Crippen LogP contribution in [0.4, 0.5) is 17.6 Å². The van der Waals surface area contributed by atoms with Crippen LogP contribution < -0.4 is 4.74 Å². The molecule has 0 aliphatic heterocycles. The van der Waals surface area contributed by atoms with Crippen LogP contribution in [0.3, 0.4) is 0 Å². The summed E-state index contributed by atoms with van der Waals surface area (Å²) in [4.78, 5) is -0.261. The largest absolute Gasteiger partial charge is 0.494 e. The summed E-state index contributed by atoms with van der Waals surface area (Å²) in [5.74, 6) is -5.04. The maximum absolute atomic E-state index is 13.5. The third-order valence-corrected chi connectivity index (χ3v) is 3.50. The van der Waals surface area contributed by atoms with E-state index in [0.29, 0.717) is 29.0 Å². The molecule has 6 heteroatoms. The van der Waals surface area contributed by atoms with Gasteiger partial charge in [-0.25, -0.2) is 17.6 Å². The molecule has 0 saturated carbocycles. The number of hydrogen-bond acceptors (Lipinski definition) is 2. The standard InChI is InChI=1S/C14H10F4OS/c1-2-19-8-3-5-9(6-4-8)20-14-12(17)10(15)7-11(16)13(14)18/h3-7H,2H2,1H3. The normalized spacial score (nSPS) is 10.7. The number of hydrogen-bond donors (Lipinski definition) is 0. The van der Waals surface area contributed by atoms with Gasteiger partial charge in [-0.05, 0) is 31.2 Å². The number of ether oxygens (including phenoxy) is 1. The predicted molar refractivity (Wildman–Crippen MR) is 68.0 cm³/mol. The lowest BCUT2D eigenvalue weighted by Gasteiger charge is -2.07. The van der Waals surface area contributed by atoms with E-state index in [0.717, 1.165) is 0 Å². The SMILES string of the molecule is CCOc1ccc(Sc2c(F)c(F)cc(F)c2F)cc1. The second kappa shape index (κ2) is 6.17. The van der Waals surface area contributed by atoms with Crippen molar-refractivity contribution in [2.24, 2.45) is 0 Å². The molecule has 0 bridgehead atoms. The Bertz CT molecular complexity index is 587. The second-order valence-corrected chi connectivity index (χ2v) is 4.89. The Morgan fingerprint density at radius 3 is 2.00 bits per heavy atom. The van der Waals surface area contributed by atoms with Crippen LogP contribution in [-0.4, -0.2) is 6.61 Å². The summed E-state index contributed by atoms with van der Waals surface area (Å²) < 4.78 is 58.4. The maximum Gasteiger partial charge on any atom is 0.175 e. The lowest BCUT2D eigenvalue weighted by atomic mass is 10.3. The smallest absolute Gasteiger partial charge is 0.175 e. The zero-order valence-electron chi connectivity index (χ0n) is 10.4. The van der Waals surface area contributed by atoms with Gasteiger partial charge in [-0.15, -0.1) is 0 Å². The van der Waals surface area contributed by atoms with Crippen molar-refractivity contribution in [1.82, 2.24) is 0 Å². The molecule has 2 aromatic carbocycles. The van der Waals surface area contributed by atoms with Gasteiger partial charge in [-0.1, -0.05) is 11.8 Å². The maximum atomic E-state index is 13.5. The van der Waals surface area contributed by atoms with E-state index in [-0.39, 0.29) is 6.07 Å². The van der Waals surface area contributed by atoms with Crippen molar-refractivity contribution in [2.45, 2.75) is 16.7 Å². The van der Waals surface area contributed by atoms with Gasteiger partial charge in [0, 0.05) is 11.0 Å². The minimum absolute atomic E-state index is 0.187. The van der Waals surface area contributed by atoms with Crippen molar-refractivity contribution in [1.29, 1.82) is 0 Å². The Hall–Kier alpha value is -1.69. The summed E-state index contributed by atoms with van der Waals surface area (Å²) in [5.41, 5.74) is 0. The average Bonchev–Trinajstić information content (AvgIpc) is 2.43. The van der Waals surface area contributed by atoms with Crippen LogP contribution in [-0.2, 0) is 0 Å². The highest BCUT2D eigenvalue weighted by atomic mass is 32.2. The van der Waals surface area contributed by atoms with Gasteiger partial charge in [0.15, 0.2) is 23.3 Å². The molecular weight excluding hydrogens is 292 g/mol. The molecule has 0 amide bonds. The molecule has 0 fully saturated rings. The van der Waals surface area contributed by atoms with Crippen LogP contribution in [0.5, 0.6) is 5.75 Å². The van der Waals surface area contributed by atoms with Gasteiger partial charge in [0.1, 0.15) is 5.75 Å². The molecule has 0 spiro atoms. The summed E-state index contributed by atoms with van der Waals surface area (Å²) in [5, 5.41) is 0. The Labute approximate surface area is 117 Å². The minimum Gasteiger partial charge on any atom is -0.494 e. The molecule has 0 unspecified atom stereocenters. The number of benzene rings is 2. The Balaban J connectivity index is 2.30. The van der Waals surface area contributed by atoms with Gasteiger partial charge in [-0.3, -0.25) is 0 Å². The summed E-state index contributed by atoms with van der Waals surface area (Å²) in [6.07, 6.45) is 0. The van der Waals surface area contributed by atoms with E-state index in [2.05, 4.69) is 0 Å². The summed E-state index contributed by atoms with van der Waals surface area (Å²) in [6, 6.07) is 6.51. The first-order valence-corrected chi connectivity index (χ1v) is 6.58. The molecular formula is C14H10F4OS. The summed E-state index contributed by atoms with van der Waals surface area (Å²) in [6.45, 7) is 2.31. The minimum atomic E-state index is -1.42. The zero-order chi connectivity index (χ0) is 14.7. The molecule has 2 aromatic rings. The zero-order valence-corrected chi connectivity index (χ0v) is 11.2. The van der Waals surface area contributed by atoms with Crippen LogP contribution in [0.25, 0.3) is 0 Å². The Morgan fingerprint density at radius 1 is 0.950 bits per heavy atom. The third kappa shape index (κ3) is 3.07. The van der Waals surface area contributed by atoms with Crippen LogP contribution in [0.15, 0.2) is 40.1 Å². The highest BCUT2D eigenvalue weighted by Crippen LogP contribution is 2.34. The monoisotopic (exact) mass is 302 g/mol. The van der Waals surface area contributed by atoms with E-state index in [1.54, 1.807) is 24.3 Å². The topological polar surface area (TPSA) is 9.23 Å². The molecule has 1 nitrogen and oxygen atoms in total. The third-order valence-electron chi connectivity index (χ3n) is 2.43. The van der Waals surface area contributed by atoms with Gasteiger partial charge in [0.2, 0.25) is 0 Å². The lowest BCUT2D eigenvalue weighted by molar-refractivity contribution is 0.340.